The third-order valence-corrected chi connectivity index (χ3v) is 6.82. The van der Waals surface area contributed by atoms with Crippen LogP contribution in [0, 0.1) is 11.3 Å². The second-order valence-corrected chi connectivity index (χ2v) is 8.48. The van der Waals surface area contributed by atoms with E-state index in [0.29, 0.717) is 4.34 Å². The highest BCUT2D eigenvalue weighted by Crippen LogP contribution is 2.37. The fraction of sp³-hybridized carbons (Fsp3) is 0.545. The molecular formula is C11H12Cl2N2O2S2. The SMILES string of the molecule is N#CCN(C1CCCC1)S(=O)(=O)c1cc(Cl)sc1Cl. The summed E-state index contributed by atoms with van der Waals surface area (Å²) in [6.45, 7) is -0.156. The van der Waals surface area contributed by atoms with Crippen LogP contribution in [0.5, 0.6) is 0 Å². The lowest BCUT2D eigenvalue weighted by atomic mass is 10.2. The minimum atomic E-state index is -3.75. The molecule has 1 aliphatic carbocycles. The predicted octanol–water partition coefficient (Wildman–Crippen LogP) is 3.51. The van der Waals surface area contributed by atoms with Gasteiger partial charge in [-0.25, -0.2) is 8.42 Å². The molecule has 0 aromatic carbocycles. The van der Waals surface area contributed by atoms with Crippen molar-refractivity contribution in [1.29, 1.82) is 5.26 Å². The van der Waals surface area contributed by atoms with E-state index in [4.69, 9.17) is 28.5 Å². The topological polar surface area (TPSA) is 61.2 Å². The molecule has 19 heavy (non-hydrogen) atoms. The highest BCUT2D eigenvalue weighted by Gasteiger charge is 2.35. The first-order valence-electron chi connectivity index (χ1n) is 5.80. The van der Waals surface area contributed by atoms with Gasteiger partial charge >= 0.3 is 0 Å². The van der Waals surface area contributed by atoms with E-state index in [1.54, 1.807) is 0 Å². The molecule has 1 aromatic rings. The molecule has 1 saturated carbocycles. The van der Waals surface area contributed by atoms with Gasteiger partial charge in [0.05, 0.1) is 10.4 Å². The van der Waals surface area contributed by atoms with Crippen molar-refractivity contribution in [1.82, 2.24) is 4.31 Å². The quantitative estimate of drug-likeness (QED) is 0.789. The third-order valence-electron chi connectivity index (χ3n) is 3.17. The average Bonchev–Trinajstić information content (AvgIpc) is 2.95. The molecule has 104 valence electrons. The Balaban J connectivity index is 2.39. The fourth-order valence-corrected chi connectivity index (χ4v) is 6.00. The molecule has 1 aromatic heterocycles. The summed E-state index contributed by atoms with van der Waals surface area (Å²) >= 11 is 12.7. The Labute approximate surface area is 126 Å². The van der Waals surface area contributed by atoms with E-state index in [0.717, 1.165) is 37.0 Å². The number of sulfonamides is 1. The lowest BCUT2D eigenvalue weighted by Gasteiger charge is -2.25. The molecule has 0 saturated heterocycles. The maximum Gasteiger partial charge on any atom is 0.246 e. The number of thiophene rings is 1. The van der Waals surface area contributed by atoms with Crippen molar-refractivity contribution in [2.75, 3.05) is 6.54 Å². The maximum atomic E-state index is 12.6. The fourth-order valence-electron chi connectivity index (χ4n) is 2.30. The van der Waals surface area contributed by atoms with Crippen LogP contribution in [0.15, 0.2) is 11.0 Å². The largest absolute Gasteiger partial charge is 0.246 e. The molecule has 0 unspecified atom stereocenters. The molecule has 1 fully saturated rings. The second kappa shape index (κ2) is 5.98. The average molecular weight is 339 g/mol. The molecule has 2 rings (SSSR count). The first-order chi connectivity index (χ1) is 8.96. The smallest absolute Gasteiger partial charge is 0.207 e. The van der Waals surface area contributed by atoms with Crippen molar-refractivity contribution >= 4 is 44.6 Å². The summed E-state index contributed by atoms with van der Waals surface area (Å²) in [5, 5.41) is 8.87. The molecule has 8 heteroatoms. The summed E-state index contributed by atoms with van der Waals surface area (Å²) in [5.74, 6) is 0. The lowest BCUT2D eigenvalue weighted by Crippen LogP contribution is -2.39. The minimum Gasteiger partial charge on any atom is -0.207 e. The zero-order valence-corrected chi connectivity index (χ0v) is 13.1. The van der Waals surface area contributed by atoms with E-state index in [9.17, 15) is 8.42 Å². The minimum absolute atomic E-state index is 0.00585. The van der Waals surface area contributed by atoms with Gasteiger partial charge in [-0.2, -0.15) is 9.57 Å². The Hall–Kier alpha value is -0.320. The molecule has 0 bridgehead atoms. The van der Waals surface area contributed by atoms with Gasteiger partial charge in [0, 0.05) is 6.04 Å². The molecule has 1 aliphatic rings. The zero-order chi connectivity index (χ0) is 14.0. The Bertz CT molecular complexity index is 601. The van der Waals surface area contributed by atoms with Gasteiger partial charge in [0.2, 0.25) is 10.0 Å². The van der Waals surface area contributed by atoms with Crippen molar-refractivity contribution in [3.63, 3.8) is 0 Å². The van der Waals surface area contributed by atoms with Crippen molar-refractivity contribution < 1.29 is 8.42 Å². The van der Waals surface area contributed by atoms with Crippen LogP contribution in [-0.2, 0) is 10.0 Å². The summed E-state index contributed by atoms with van der Waals surface area (Å²) in [5.41, 5.74) is 0. The predicted molar refractivity (Wildman–Crippen MR) is 76.1 cm³/mol. The summed E-state index contributed by atoms with van der Waals surface area (Å²) in [6.07, 6.45) is 3.55. The number of halogens is 2. The molecule has 4 nitrogen and oxygen atoms in total. The molecule has 0 radical (unpaired) electrons. The van der Waals surface area contributed by atoms with Gasteiger partial charge in [-0.15, -0.1) is 11.3 Å². The lowest BCUT2D eigenvalue weighted by molar-refractivity contribution is 0.350. The number of nitrogens with zero attached hydrogens (tertiary/aromatic N) is 2. The van der Waals surface area contributed by atoms with Crippen LogP contribution >= 0.6 is 34.5 Å². The van der Waals surface area contributed by atoms with Gasteiger partial charge in [0.1, 0.15) is 15.8 Å². The van der Waals surface area contributed by atoms with E-state index < -0.39 is 10.0 Å². The molecule has 0 N–H and O–H groups in total. The second-order valence-electron chi connectivity index (χ2n) is 4.34. The Kier molecular flexibility index (Phi) is 4.75. The van der Waals surface area contributed by atoms with Gasteiger partial charge < -0.3 is 0 Å². The summed E-state index contributed by atoms with van der Waals surface area (Å²) in [6, 6.07) is 3.16. The third kappa shape index (κ3) is 3.06. The van der Waals surface area contributed by atoms with E-state index >= 15 is 0 Å². The number of nitriles is 1. The molecule has 0 amide bonds. The normalized spacial score (nSPS) is 16.9. The maximum absolute atomic E-state index is 12.6. The van der Waals surface area contributed by atoms with Crippen LogP contribution in [0.4, 0.5) is 0 Å². The van der Waals surface area contributed by atoms with Crippen molar-refractivity contribution in [2.45, 2.75) is 36.6 Å². The molecule has 0 aliphatic heterocycles. The van der Waals surface area contributed by atoms with E-state index in [1.807, 2.05) is 6.07 Å². The molecule has 0 atom stereocenters. The first-order valence-corrected chi connectivity index (χ1v) is 8.81. The van der Waals surface area contributed by atoms with Crippen LogP contribution in [0.2, 0.25) is 8.67 Å². The molecule has 0 spiro atoms. The highest BCUT2D eigenvalue weighted by atomic mass is 35.5. The Morgan fingerprint density at radius 1 is 1.42 bits per heavy atom. The molecule has 1 heterocycles. The highest BCUT2D eigenvalue weighted by molar-refractivity contribution is 7.89. The van der Waals surface area contributed by atoms with Crippen LogP contribution in [0.25, 0.3) is 0 Å². The van der Waals surface area contributed by atoms with Crippen LogP contribution < -0.4 is 0 Å². The van der Waals surface area contributed by atoms with Gasteiger partial charge in [-0.1, -0.05) is 36.0 Å². The van der Waals surface area contributed by atoms with Gasteiger partial charge in [0.15, 0.2) is 0 Å². The van der Waals surface area contributed by atoms with Gasteiger partial charge in [-0.05, 0) is 18.9 Å². The van der Waals surface area contributed by atoms with E-state index in [2.05, 4.69) is 0 Å². The van der Waals surface area contributed by atoms with Crippen molar-refractivity contribution in [3.8, 4) is 6.07 Å². The van der Waals surface area contributed by atoms with E-state index in [1.165, 1.54) is 10.4 Å². The Morgan fingerprint density at radius 2 is 2.05 bits per heavy atom. The monoisotopic (exact) mass is 338 g/mol. The Morgan fingerprint density at radius 3 is 2.53 bits per heavy atom. The van der Waals surface area contributed by atoms with Crippen molar-refractivity contribution in [3.05, 3.63) is 14.7 Å². The summed E-state index contributed by atoms with van der Waals surface area (Å²) in [7, 11) is -3.75. The first kappa shape index (κ1) is 15.1. The standard InChI is InChI=1S/C11H12Cl2N2O2S2/c12-10-7-9(11(13)18-10)19(16,17)15(6-5-14)8-3-1-2-4-8/h7-8H,1-4,6H2. The van der Waals surface area contributed by atoms with Crippen LogP contribution in [0.1, 0.15) is 25.7 Å². The number of hydrogen-bond donors (Lipinski definition) is 0. The summed E-state index contributed by atoms with van der Waals surface area (Å²) < 4.78 is 26.9. The van der Waals surface area contributed by atoms with Gasteiger partial charge in [0.25, 0.3) is 0 Å². The molecular weight excluding hydrogens is 327 g/mol. The zero-order valence-electron chi connectivity index (χ0n) is 9.97. The number of rotatable bonds is 4. The van der Waals surface area contributed by atoms with Crippen molar-refractivity contribution in [2.24, 2.45) is 0 Å². The van der Waals surface area contributed by atoms with E-state index in [-0.39, 0.29) is 21.8 Å². The van der Waals surface area contributed by atoms with Crippen LogP contribution in [-0.4, -0.2) is 25.3 Å². The summed E-state index contributed by atoms with van der Waals surface area (Å²) in [4.78, 5) is 0.00585. The van der Waals surface area contributed by atoms with Crippen LogP contribution in [0.3, 0.4) is 0 Å². The number of hydrogen-bond acceptors (Lipinski definition) is 4. The van der Waals surface area contributed by atoms with Gasteiger partial charge in [-0.3, -0.25) is 0 Å².